The molecule has 2 aromatic rings. The maximum absolute atomic E-state index is 11.3. The molecule has 0 aliphatic carbocycles. The first-order valence-electron chi connectivity index (χ1n) is 6.83. The van der Waals surface area contributed by atoms with Gasteiger partial charge >= 0.3 is 0 Å². The molecule has 1 amide bonds. The van der Waals surface area contributed by atoms with Gasteiger partial charge in [0.25, 0.3) is 0 Å². The lowest BCUT2D eigenvalue weighted by Crippen LogP contribution is -2.47. The Balaban J connectivity index is 1.71. The number of carbonyl (C=O) groups excluding carboxylic acids is 1. The average Bonchev–Trinajstić information content (AvgIpc) is 2.82. The van der Waals surface area contributed by atoms with Gasteiger partial charge in [-0.3, -0.25) is 9.69 Å². The third kappa shape index (κ3) is 2.46. The van der Waals surface area contributed by atoms with Gasteiger partial charge in [-0.05, 0) is 12.1 Å². The first-order chi connectivity index (χ1) is 9.63. The number of carbonyl (C=O) groups is 1. The molecule has 0 bridgehead atoms. The van der Waals surface area contributed by atoms with Gasteiger partial charge in [-0.1, -0.05) is 0 Å². The second-order valence-electron chi connectivity index (χ2n) is 5.22. The Morgan fingerprint density at radius 2 is 2.05 bits per heavy atom. The minimum atomic E-state index is 0.159. The molecule has 0 unspecified atom stereocenters. The average molecular weight is 273 g/mol. The Hall–Kier alpha value is -2.08. The zero-order chi connectivity index (χ0) is 14.1. The molecular weight excluding hydrogens is 254 g/mol. The van der Waals surface area contributed by atoms with E-state index in [1.54, 1.807) is 6.92 Å². The number of amides is 1. The first-order valence-corrected chi connectivity index (χ1v) is 6.83. The second kappa shape index (κ2) is 5.13. The van der Waals surface area contributed by atoms with Gasteiger partial charge in [-0.2, -0.15) is 0 Å². The molecule has 2 aromatic heterocycles. The number of nitrogen functional groups attached to an aromatic ring is 1. The number of imidazole rings is 1. The summed E-state index contributed by atoms with van der Waals surface area (Å²) >= 11 is 0. The van der Waals surface area contributed by atoms with Crippen LogP contribution in [0, 0.1) is 0 Å². The van der Waals surface area contributed by atoms with Crippen LogP contribution in [-0.2, 0) is 11.3 Å². The number of hydrogen-bond donors (Lipinski definition) is 1. The quantitative estimate of drug-likeness (QED) is 0.869. The highest BCUT2D eigenvalue weighted by atomic mass is 16.2. The molecule has 0 atom stereocenters. The fraction of sp³-hybridized carbons (Fsp3) is 0.429. The summed E-state index contributed by atoms with van der Waals surface area (Å²) in [6, 6.07) is 3.78. The molecule has 20 heavy (non-hydrogen) atoms. The van der Waals surface area contributed by atoms with Gasteiger partial charge in [0, 0.05) is 51.5 Å². The number of fused-ring (bicyclic) bond motifs is 1. The monoisotopic (exact) mass is 273 g/mol. The number of rotatable bonds is 2. The van der Waals surface area contributed by atoms with Gasteiger partial charge in [0.1, 0.15) is 5.65 Å². The minimum absolute atomic E-state index is 0.159. The Morgan fingerprint density at radius 3 is 2.75 bits per heavy atom. The van der Waals surface area contributed by atoms with Crippen LogP contribution < -0.4 is 5.73 Å². The summed E-state index contributed by atoms with van der Waals surface area (Å²) < 4.78 is 2.03. The van der Waals surface area contributed by atoms with Gasteiger partial charge in [0.2, 0.25) is 5.91 Å². The number of nitrogens with zero attached hydrogens (tertiary/aromatic N) is 4. The van der Waals surface area contributed by atoms with Gasteiger partial charge in [0.15, 0.2) is 0 Å². The van der Waals surface area contributed by atoms with Crippen LogP contribution in [0.15, 0.2) is 24.5 Å². The van der Waals surface area contributed by atoms with Crippen molar-refractivity contribution in [2.75, 3.05) is 31.9 Å². The summed E-state index contributed by atoms with van der Waals surface area (Å²) in [5, 5.41) is 0. The summed E-state index contributed by atoms with van der Waals surface area (Å²) in [6.07, 6.45) is 3.80. The van der Waals surface area contributed by atoms with Crippen molar-refractivity contribution in [3.63, 3.8) is 0 Å². The van der Waals surface area contributed by atoms with Crippen LogP contribution in [0.4, 0.5) is 5.69 Å². The van der Waals surface area contributed by atoms with Gasteiger partial charge < -0.3 is 15.0 Å². The molecule has 6 nitrogen and oxygen atoms in total. The normalized spacial score (nSPS) is 16.8. The van der Waals surface area contributed by atoms with Gasteiger partial charge in [-0.25, -0.2) is 4.98 Å². The van der Waals surface area contributed by atoms with E-state index in [1.807, 2.05) is 33.8 Å². The molecule has 1 aliphatic rings. The van der Waals surface area contributed by atoms with E-state index in [0.717, 1.165) is 49.8 Å². The van der Waals surface area contributed by atoms with Crippen LogP contribution in [-0.4, -0.2) is 51.3 Å². The van der Waals surface area contributed by atoms with Crippen molar-refractivity contribution in [2.45, 2.75) is 13.5 Å². The SMILES string of the molecule is CC(=O)N1CCN(Cc2cnc3ccc(N)cn23)CC1. The van der Waals surface area contributed by atoms with Crippen molar-refractivity contribution < 1.29 is 4.79 Å². The van der Waals surface area contributed by atoms with E-state index in [2.05, 4.69) is 9.88 Å². The fourth-order valence-electron chi connectivity index (χ4n) is 2.61. The summed E-state index contributed by atoms with van der Waals surface area (Å²) in [5.41, 5.74) is 8.61. The molecule has 1 saturated heterocycles. The van der Waals surface area contributed by atoms with Gasteiger partial charge in [0.05, 0.1) is 11.9 Å². The molecule has 0 saturated carbocycles. The maximum Gasteiger partial charge on any atom is 0.219 e. The fourth-order valence-corrected chi connectivity index (χ4v) is 2.61. The highest BCUT2D eigenvalue weighted by molar-refractivity contribution is 5.73. The third-order valence-corrected chi connectivity index (χ3v) is 3.81. The van der Waals surface area contributed by atoms with Crippen LogP contribution in [0.1, 0.15) is 12.6 Å². The smallest absolute Gasteiger partial charge is 0.219 e. The molecule has 0 radical (unpaired) electrons. The largest absolute Gasteiger partial charge is 0.398 e. The summed E-state index contributed by atoms with van der Waals surface area (Å²) in [4.78, 5) is 19.9. The van der Waals surface area contributed by atoms with Crippen molar-refractivity contribution in [3.8, 4) is 0 Å². The van der Waals surface area contributed by atoms with E-state index in [-0.39, 0.29) is 5.91 Å². The summed E-state index contributed by atoms with van der Waals surface area (Å²) in [6.45, 7) is 5.85. The highest BCUT2D eigenvalue weighted by Gasteiger charge is 2.19. The van der Waals surface area contributed by atoms with Crippen molar-refractivity contribution in [1.82, 2.24) is 19.2 Å². The lowest BCUT2D eigenvalue weighted by atomic mass is 10.3. The van der Waals surface area contributed by atoms with E-state index in [0.29, 0.717) is 0 Å². The molecule has 0 aromatic carbocycles. The van der Waals surface area contributed by atoms with Gasteiger partial charge in [-0.15, -0.1) is 0 Å². The highest BCUT2D eigenvalue weighted by Crippen LogP contribution is 2.13. The third-order valence-electron chi connectivity index (χ3n) is 3.81. The molecule has 2 N–H and O–H groups in total. The predicted molar refractivity (Wildman–Crippen MR) is 77.1 cm³/mol. The van der Waals surface area contributed by atoms with E-state index in [1.165, 1.54) is 0 Å². The zero-order valence-corrected chi connectivity index (χ0v) is 11.6. The van der Waals surface area contributed by atoms with Crippen LogP contribution >= 0.6 is 0 Å². The molecule has 1 aliphatic heterocycles. The summed E-state index contributed by atoms with van der Waals surface area (Å²) in [7, 11) is 0. The molecule has 0 spiro atoms. The number of nitrogens with two attached hydrogens (primary N) is 1. The standard InChI is InChI=1S/C14H19N5O/c1-11(20)18-6-4-17(5-7-18)10-13-8-16-14-3-2-12(15)9-19(13)14/h2-3,8-9H,4-7,10,15H2,1H3. The number of hydrogen-bond acceptors (Lipinski definition) is 4. The van der Waals surface area contributed by atoms with Crippen molar-refractivity contribution in [1.29, 1.82) is 0 Å². The minimum Gasteiger partial charge on any atom is -0.398 e. The Morgan fingerprint density at radius 1 is 1.30 bits per heavy atom. The number of pyridine rings is 1. The van der Waals surface area contributed by atoms with Crippen molar-refractivity contribution >= 4 is 17.2 Å². The molecule has 3 heterocycles. The van der Waals surface area contributed by atoms with E-state index < -0.39 is 0 Å². The lowest BCUT2D eigenvalue weighted by Gasteiger charge is -2.33. The number of piperazine rings is 1. The summed E-state index contributed by atoms with van der Waals surface area (Å²) in [5.74, 6) is 0.159. The van der Waals surface area contributed by atoms with E-state index >= 15 is 0 Å². The molecule has 6 heteroatoms. The lowest BCUT2D eigenvalue weighted by molar-refractivity contribution is -0.130. The second-order valence-corrected chi connectivity index (χ2v) is 5.22. The van der Waals surface area contributed by atoms with Crippen LogP contribution in [0.2, 0.25) is 0 Å². The predicted octanol–water partition coefficient (Wildman–Crippen LogP) is 0.581. The topological polar surface area (TPSA) is 66.9 Å². The van der Waals surface area contributed by atoms with E-state index in [9.17, 15) is 4.79 Å². The van der Waals surface area contributed by atoms with Crippen LogP contribution in [0.25, 0.3) is 5.65 Å². The number of anilines is 1. The Kier molecular flexibility index (Phi) is 3.31. The Bertz CT molecular complexity index is 628. The number of aromatic nitrogens is 2. The molecular formula is C14H19N5O. The van der Waals surface area contributed by atoms with Crippen molar-refractivity contribution in [3.05, 3.63) is 30.2 Å². The van der Waals surface area contributed by atoms with Crippen molar-refractivity contribution in [2.24, 2.45) is 0 Å². The van der Waals surface area contributed by atoms with Crippen LogP contribution in [0.3, 0.4) is 0 Å². The molecule has 1 fully saturated rings. The maximum atomic E-state index is 11.3. The molecule has 3 rings (SSSR count). The van der Waals surface area contributed by atoms with Crippen LogP contribution in [0.5, 0.6) is 0 Å². The van der Waals surface area contributed by atoms with E-state index in [4.69, 9.17) is 5.73 Å². The zero-order valence-electron chi connectivity index (χ0n) is 11.6. The molecule has 106 valence electrons. The Labute approximate surface area is 117 Å². The first kappa shape index (κ1) is 12.9.